The fraction of sp³-hybridized carbons (Fsp3) is 0.467. The summed E-state index contributed by atoms with van der Waals surface area (Å²) in [5.74, 6) is -1.81. The Kier molecular flexibility index (Phi) is 6.09. The highest BCUT2D eigenvalue weighted by Crippen LogP contribution is 2.24. The summed E-state index contributed by atoms with van der Waals surface area (Å²) in [5, 5.41) is 22.2. The summed E-state index contributed by atoms with van der Waals surface area (Å²) in [6.07, 6.45) is 0.882. The van der Waals surface area contributed by atoms with Gasteiger partial charge in [0.1, 0.15) is 6.04 Å². The Morgan fingerprint density at radius 1 is 1.39 bits per heavy atom. The van der Waals surface area contributed by atoms with Gasteiger partial charge in [-0.25, -0.2) is 4.79 Å². The summed E-state index contributed by atoms with van der Waals surface area (Å²) in [4.78, 5) is 33.5. The lowest BCUT2D eigenvalue weighted by Gasteiger charge is -2.21. The van der Waals surface area contributed by atoms with Crippen LogP contribution in [0.25, 0.3) is 0 Å². The molecule has 7 nitrogen and oxygen atoms in total. The lowest BCUT2D eigenvalue weighted by molar-refractivity contribution is -0.384. The van der Waals surface area contributed by atoms with Gasteiger partial charge in [-0.2, -0.15) is 0 Å². The van der Waals surface area contributed by atoms with Crippen LogP contribution in [0.4, 0.5) is 5.69 Å². The topological polar surface area (TPSA) is 110 Å². The molecule has 2 N–H and O–H groups in total. The molecule has 8 heteroatoms. The molecule has 0 heterocycles. The number of rotatable bonds is 6. The molecule has 0 radical (unpaired) electrons. The Labute approximate surface area is 138 Å². The van der Waals surface area contributed by atoms with Crippen molar-refractivity contribution in [1.82, 2.24) is 5.32 Å². The van der Waals surface area contributed by atoms with Crippen LogP contribution in [0.5, 0.6) is 0 Å². The number of carboxylic acids is 1. The van der Waals surface area contributed by atoms with E-state index in [-0.39, 0.29) is 28.1 Å². The number of benzene rings is 1. The predicted molar refractivity (Wildman–Crippen MR) is 85.7 cm³/mol. The van der Waals surface area contributed by atoms with Crippen LogP contribution in [0.15, 0.2) is 18.2 Å². The normalized spacial score (nSPS) is 12.5. The third kappa shape index (κ3) is 5.86. The van der Waals surface area contributed by atoms with E-state index in [1.807, 2.05) is 20.8 Å². The lowest BCUT2D eigenvalue weighted by atomic mass is 9.88. The number of carbonyl (C=O) groups is 2. The van der Waals surface area contributed by atoms with Gasteiger partial charge in [0.05, 0.1) is 15.5 Å². The average molecular weight is 343 g/mol. The quantitative estimate of drug-likeness (QED) is 0.609. The van der Waals surface area contributed by atoms with Gasteiger partial charge in [0.25, 0.3) is 11.6 Å². The molecule has 0 aliphatic heterocycles. The van der Waals surface area contributed by atoms with Crippen LogP contribution in [-0.4, -0.2) is 27.9 Å². The monoisotopic (exact) mass is 342 g/mol. The molecule has 126 valence electrons. The first kappa shape index (κ1) is 18.9. The Hall–Kier alpha value is -2.15. The number of halogens is 1. The molecule has 1 amide bonds. The zero-order valence-electron chi connectivity index (χ0n) is 13.1. The molecule has 1 atom stereocenters. The molecule has 0 spiro atoms. The molecular weight excluding hydrogens is 324 g/mol. The minimum Gasteiger partial charge on any atom is -0.480 e. The molecule has 0 bridgehead atoms. The molecule has 1 aromatic rings. The van der Waals surface area contributed by atoms with Crippen molar-refractivity contribution >= 4 is 29.2 Å². The fourth-order valence-electron chi connectivity index (χ4n) is 1.87. The van der Waals surface area contributed by atoms with E-state index in [1.165, 1.54) is 6.07 Å². The van der Waals surface area contributed by atoms with Crippen LogP contribution in [0.3, 0.4) is 0 Å². The number of nitrogens with zero attached hydrogens (tertiary/aromatic N) is 1. The van der Waals surface area contributed by atoms with Crippen molar-refractivity contribution in [2.24, 2.45) is 5.41 Å². The Morgan fingerprint density at radius 2 is 2.00 bits per heavy atom. The maximum atomic E-state index is 12.2. The van der Waals surface area contributed by atoms with Crippen LogP contribution in [0, 0.1) is 15.5 Å². The number of amides is 1. The highest BCUT2D eigenvalue weighted by atomic mass is 35.5. The van der Waals surface area contributed by atoms with Gasteiger partial charge in [0.15, 0.2) is 0 Å². The molecule has 23 heavy (non-hydrogen) atoms. The maximum absolute atomic E-state index is 12.2. The number of nitro benzene ring substituents is 1. The summed E-state index contributed by atoms with van der Waals surface area (Å²) in [7, 11) is 0. The van der Waals surface area contributed by atoms with E-state index in [0.29, 0.717) is 6.42 Å². The minimum absolute atomic E-state index is 0.000671. The number of non-ortho nitro benzene ring substituents is 1. The second kappa shape index (κ2) is 7.41. The summed E-state index contributed by atoms with van der Waals surface area (Å²) >= 11 is 5.87. The molecule has 0 aliphatic rings. The van der Waals surface area contributed by atoms with Gasteiger partial charge in [-0.3, -0.25) is 14.9 Å². The lowest BCUT2D eigenvalue weighted by Crippen LogP contribution is -2.41. The summed E-state index contributed by atoms with van der Waals surface area (Å²) in [5.41, 5.74) is -0.308. The zero-order valence-corrected chi connectivity index (χ0v) is 13.9. The average Bonchev–Trinajstić information content (AvgIpc) is 2.41. The Morgan fingerprint density at radius 3 is 2.43 bits per heavy atom. The molecule has 0 saturated heterocycles. The highest BCUT2D eigenvalue weighted by molar-refractivity contribution is 6.34. The molecule has 0 aromatic heterocycles. The van der Waals surface area contributed by atoms with Gasteiger partial charge in [0, 0.05) is 12.1 Å². The van der Waals surface area contributed by atoms with Crippen LogP contribution in [0.2, 0.25) is 5.02 Å². The van der Waals surface area contributed by atoms with Crippen LogP contribution in [0.1, 0.15) is 44.0 Å². The van der Waals surface area contributed by atoms with Crippen molar-refractivity contribution in [1.29, 1.82) is 0 Å². The van der Waals surface area contributed by atoms with Gasteiger partial charge in [-0.1, -0.05) is 32.4 Å². The zero-order chi connectivity index (χ0) is 17.8. The highest BCUT2D eigenvalue weighted by Gasteiger charge is 2.24. The van der Waals surface area contributed by atoms with Crippen molar-refractivity contribution in [3.8, 4) is 0 Å². The predicted octanol–water partition coefficient (Wildman–Crippen LogP) is 3.26. The smallest absolute Gasteiger partial charge is 0.326 e. The first-order valence-corrected chi connectivity index (χ1v) is 7.36. The molecule has 1 aromatic carbocycles. The standard InChI is InChI=1S/C15H19ClN2O5/c1-15(2,3)7-6-12(14(20)21)17-13(19)10-5-4-9(18(22)23)8-11(10)16/h4-5,8,12H,6-7H2,1-3H3,(H,17,19)(H,20,21). The Bertz CT molecular complexity index is 625. The summed E-state index contributed by atoms with van der Waals surface area (Å²) < 4.78 is 0. The molecule has 0 saturated carbocycles. The number of aliphatic carboxylic acids is 1. The van der Waals surface area contributed by atoms with Gasteiger partial charge >= 0.3 is 5.97 Å². The van der Waals surface area contributed by atoms with E-state index in [0.717, 1.165) is 12.1 Å². The van der Waals surface area contributed by atoms with E-state index in [2.05, 4.69) is 5.32 Å². The number of carbonyl (C=O) groups excluding carboxylic acids is 1. The molecule has 1 rings (SSSR count). The third-order valence-corrected chi connectivity index (χ3v) is 3.51. The second-order valence-corrected chi connectivity index (χ2v) is 6.79. The van der Waals surface area contributed by atoms with E-state index in [1.54, 1.807) is 0 Å². The van der Waals surface area contributed by atoms with Gasteiger partial charge in [0.2, 0.25) is 0 Å². The van der Waals surface area contributed by atoms with Crippen molar-refractivity contribution in [3.05, 3.63) is 38.9 Å². The SMILES string of the molecule is CC(C)(C)CCC(NC(=O)c1ccc([N+](=O)[O-])cc1Cl)C(=O)O. The van der Waals surface area contributed by atoms with E-state index in [4.69, 9.17) is 11.6 Å². The molecular formula is C15H19ClN2O5. The molecule has 0 aliphatic carbocycles. The largest absolute Gasteiger partial charge is 0.480 e. The van der Waals surface area contributed by atoms with Gasteiger partial charge in [-0.15, -0.1) is 0 Å². The summed E-state index contributed by atoms with van der Waals surface area (Å²) in [6.45, 7) is 5.92. The molecule has 0 fully saturated rings. The Balaban J connectivity index is 2.87. The number of hydrogen-bond acceptors (Lipinski definition) is 4. The van der Waals surface area contributed by atoms with Crippen molar-refractivity contribution in [2.45, 2.75) is 39.7 Å². The number of hydrogen-bond donors (Lipinski definition) is 2. The van der Waals surface area contributed by atoms with Crippen molar-refractivity contribution in [3.63, 3.8) is 0 Å². The maximum Gasteiger partial charge on any atom is 0.326 e. The first-order valence-electron chi connectivity index (χ1n) is 6.99. The van der Waals surface area contributed by atoms with Crippen molar-refractivity contribution < 1.29 is 19.6 Å². The van der Waals surface area contributed by atoms with E-state index in [9.17, 15) is 24.8 Å². The van der Waals surface area contributed by atoms with E-state index < -0.39 is 22.8 Å². The number of nitrogens with one attached hydrogen (secondary N) is 1. The fourth-order valence-corrected chi connectivity index (χ4v) is 2.13. The second-order valence-electron chi connectivity index (χ2n) is 6.38. The first-order chi connectivity index (χ1) is 10.5. The van der Waals surface area contributed by atoms with E-state index >= 15 is 0 Å². The van der Waals surface area contributed by atoms with Crippen LogP contribution < -0.4 is 5.32 Å². The minimum atomic E-state index is -1.14. The summed E-state index contributed by atoms with van der Waals surface area (Å²) in [6, 6.07) is 2.36. The van der Waals surface area contributed by atoms with Crippen LogP contribution in [-0.2, 0) is 4.79 Å². The van der Waals surface area contributed by atoms with Gasteiger partial charge in [-0.05, 0) is 24.3 Å². The number of nitro groups is 1. The molecule has 1 unspecified atom stereocenters. The van der Waals surface area contributed by atoms with Crippen LogP contribution >= 0.6 is 11.6 Å². The van der Waals surface area contributed by atoms with Gasteiger partial charge < -0.3 is 10.4 Å². The third-order valence-electron chi connectivity index (χ3n) is 3.19. The van der Waals surface area contributed by atoms with Crippen molar-refractivity contribution in [2.75, 3.05) is 0 Å². The number of carboxylic acid groups (broad SMARTS) is 1.